The van der Waals surface area contributed by atoms with Crippen molar-refractivity contribution in [3.63, 3.8) is 0 Å². The van der Waals surface area contributed by atoms with Gasteiger partial charge in [-0.3, -0.25) is 9.59 Å². The number of ether oxygens (including phenoxy) is 2. The predicted octanol–water partition coefficient (Wildman–Crippen LogP) is 1.90. The summed E-state index contributed by atoms with van der Waals surface area (Å²) in [6.07, 6.45) is 5.06. The lowest BCUT2D eigenvalue weighted by molar-refractivity contribution is -0.155. The molecule has 6 heteroatoms. The van der Waals surface area contributed by atoms with Crippen LogP contribution in [0.3, 0.4) is 0 Å². The van der Waals surface area contributed by atoms with Gasteiger partial charge in [0.05, 0.1) is 23.0 Å². The Bertz CT molecular complexity index is 790. The van der Waals surface area contributed by atoms with Gasteiger partial charge < -0.3 is 9.47 Å². The third-order valence-corrected chi connectivity index (χ3v) is 5.21. The topological polar surface area (TPSA) is 86.7 Å². The van der Waals surface area contributed by atoms with Crippen LogP contribution in [0.15, 0.2) is 36.4 Å². The van der Waals surface area contributed by atoms with Crippen LogP contribution >= 0.6 is 0 Å². The van der Waals surface area contributed by atoms with Gasteiger partial charge in [0.2, 0.25) is 0 Å². The van der Waals surface area contributed by atoms with Gasteiger partial charge in [0.1, 0.15) is 0 Å². The molecule has 6 nitrogen and oxygen atoms in total. The Labute approximate surface area is 137 Å². The standard InChI is InChI=1S/C10H10O3.C8H4O3/c1-10-3-2-5(4-10)6-7(10)9(12)13-8(6)11;9-7-5-3-1-2-4-6(5)8(10)11-7/h2-3,5-7H,4H2,1H3;1-4H. The lowest BCUT2D eigenvalue weighted by Gasteiger charge is -2.23. The van der Waals surface area contributed by atoms with Crippen LogP contribution in [0.1, 0.15) is 34.1 Å². The molecule has 24 heavy (non-hydrogen) atoms. The minimum absolute atomic E-state index is 0.113. The molecule has 5 rings (SSSR count). The fraction of sp³-hybridized carbons (Fsp3) is 0.333. The number of carbonyl (C=O) groups excluding carboxylic acids is 4. The third-order valence-electron chi connectivity index (χ3n) is 5.21. The molecular formula is C18H14O6. The number of cyclic esters (lactones) is 4. The summed E-state index contributed by atoms with van der Waals surface area (Å²) in [5, 5.41) is 0. The van der Waals surface area contributed by atoms with Crippen LogP contribution in [0, 0.1) is 23.2 Å². The van der Waals surface area contributed by atoms with Crippen molar-refractivity contribution in [2.24, 2.45) is 23.2 Å². The minimum atomic E-state index is -0.550. The van der Waals surface area contributed by atoms with Crippen molar-refractivity contribution >= 4 is 23.9 Å². The number of allylic oxidation sites excluding steroid dienone is 2. The summed E-state index contributed by atoms with van der Waals surface area (Å²) >= 11 is 0. The molecular weight excluding hydrogens is 312 g/mol. The highest BCUT2D eigenvalue weighted by atomic mass is 16.6. The molecule has 2 fully saturated rings. The molecule has 2 aliphatic carbocycles. The zero-order valence-electron chi connectivity index (χ0n) is 12.9. The van der Waals surface area contributed by atoms with Gasteiger partial charge in [-0.1, -0.05) is 31.2 Å². The summed E-state index contributed by atoms with van der Waals surface area (Å²) in [6, 6.07) is 6.53. The number of hydrogen-bond donors (Lipinski definition) is 0. The molecule has 1 saturated carbocycles. The molecule has 4 atom stereocenters. The number of esters is 4. The van der Waals surface area contributed by atoms with E-state index in [-0.39, 0.29) is 35.1 Å². The summed E-state index contributed by atoms with van der Waals surface area (Å²) in [7, 11) is 0. The van der Waals surface area contributed by atoms with E-state index in [1.165, 1.54) is 0 Å². The Kier molecular flexibility index (Phi) is 3.00. The molecule has 2 aliphatic heterocycles. The lowest BCUT2D eigenvalue weighted by Crippen LogP contribution is -2.28. The van der Waals surface area contributed by atoms with Gasteiger partial charge >= 0.3 is 23.9 Å². The molecule has 0 amide bonds. The average molecular weight is 326 g/mol. The van der Waals surface area contributed by atoms with E-state index < -0.39 is 11.9 Å². The smallest absolute Gasteiger partial charge is 0.346 e. The first-order valence-electron chi connectivity index (χ1n) is 7.71. The molecule has 0 spiro atoms. The Morgan fingerprint density at radius 1 is 0.958 bits per heavy atom. The maximum atomic E-state index is 11.4. The molecule has 0 aromatic heterocycles. The predicted molar refractivity (Wildman–Crippen MR) is 79.6 cm³/mol. The van der Waals surface area contributed by atoms with E-state index in [2.05, 4.69) is 21.6 Å². The second-order valence-corrected chi connectivity index (χ2v) is 6.70. The summed E-state index contributed by atoms with van der Waals surface area (Å²) in [6.45, 7) is 2.04. The van der Waals surface area contributed by atoms with E-state index in [1.807, 2.05) is 6.92 Å². The fourth-order valence-corrected chi connectivity index (χ4v) is 4.11. The number of fused-ring (bicyclic) bond motifs is 6. The second-order valence-electron chi connectivity index (χ2n) is 6.70. The molecule has 1 aromatic rings. The minimum Gasteiger partial charge on any atom is -0.393 e. The van der Waals surface area contributed by atoms with E-state index in [0.717, 1.165) is 6.42 Å². The Balaban J connectivity index is 0.000000123. The first kappa shape index (κ1) is 14.8. The SMILES string of the molecule is CC12C=CC(C1)C1C(=O)OC(=O)C12.O=C1OC(=O)c2ccccc21. The van der Waals surface area contributed by atoms with Crippen LogP contribution in [0.2, 0.25) is 0 Å². The van der Waals surface area contributed by atoms with Crippen molar-refractivity contribution < 1.29 is 28.7 Å². The van der Waals surface area contributed by atoms with E-state index in [9.17, 15) is 19.2 Å². The zero-order valence-corrected chi connectivity index (χ0v) is 12.9. The molecule has 0 N–H and O–H groups in total. The molecule has 2 bridgehead atoms. The molecule has 2 heterocycles. The van der Waals surface area contributed by atoms with E-state index in [0.29, 0.717) is 11.1 Å². The Morgan fingerprint density at radius 3 is 2.17 bits per heavy atom. The van der Waals surface area contributed by atoms with Crippen molar-refractivity contribution in [3.05, 3.63) is 47.5 Å². The normalized spacial score (nSPS) is 34.5. The monoisotopic (exact) mass is 326 g/mol. The van der Waals surface area contributed by atoms with Crippen LogP contribution in [0.5, 0.6) is 0 Å². The van der Waals surface area contributed by atoms with Crippen molar-refractivity contribution in [1.29, 1.82) is 0 Å². The number of carbonyl (C=O) groups is 4. The van der Waals surface area contributed by atoms with Gasteiger partial charge in [0.25, 0.3) is 0 Å². The average Bonchev–Trinajstić information content (AvgIpc) is 3.24. The van der Waals surface area contributed by atoms with Gasteiger partial charge in [-0.05, 0) is 24.5 Å². The molecule has 0 radical (unpaired) electrons. The molecule has 1 aromatic carbocycles. The van der Waals surface area contributed by atoms with Gasteiger partial charge in [-0.2, -0.15) is 0 Å². The molecule has 122 valence electrons. The van der Waals surface area contributed by atoms with E-state index in [1.54, 1.807) is 24.3 Å². The van der Waals surface area contributed by atoms with Crippen LogP contribution < -0.4 is 0 Å². The van der Waals surface area contributed by atoms with Crippen molar-refractivity contribution in [1.82, 2.24) is 0 Å². The van der Waals surface area contributed by atoms with Gasteiger partial charge in [0, 0.05) is 5.41 Å². The quantitative estimate of drug-likeness (QED) is 0.411. The Hall–Kier alpha value is -2.76. The summed E-state index contributed by atoms with van der Waals surface area (Å²) in [5.41, 5.74) is 0.605. The summed E-state index contributed by atoms with van der Waals surface area (Å²) in [4.78, 5) is 44.4. The lowest BCUT2D eigenvalue weighted by atomic mass is 9.76. The molecule has 4 unspecified atom stereocenters. The van der Waals surface area contributed by atoms with Crippen LogP contribution in [-0.2, 0) is 19.1 Å². The van der Waals surface area contributed by atoms with Crippen molar-refractivity contribution in [2.45, 2.75) is 13.3 Å². The second kappa shape index (κ2) is 4.87. The summed E-state index contributed by atoms with van der Waals surface area (Å²) < 4.78 is 9.01. The van der Waals surface area contributed by atoms with Crippen molar-refractivity contribution in [3.8, 4) is 0 Å². The third kappa shape index (κ3) is 1.95. The highest BCUT2D eigenvalue weighted by molar-refractivity contribution is 6.14. The highest BCUT2D eigenvalue weighted by Gasteiger charge is 2.63. The van der Waals surface area contributed by atoms with Crippen molar-refractivity contribution in [2.75, 3.05) is 0 Å². The Morgan fingerprint density at radius 2 is 1.58 bits per heavy atom. The maximum absolute atomic E-state index is 11.4. The molecule has 1 saturated heterocycles. The zero-order chi connectivity index (χ0) is 17.1. The summed E-state index contributed by atoms with van der Waals surface area (Å²) in [5.74, 6) is -1.86. The van der Waals surface area contributed by atoms with Crippen LogP contribution in [0.4, 0.5) is 0 Å². The van der Waals surface area contributed by atoms with Crippen LogP contribution in [0.25, 0.3) is 0 Å². The number of benzene rings is 1. The number of rotatable bonds is 0. The van der Waals surface area contributed by atoms with Gasteiger partial charge in [-0.25, -0.2) is 9.59 Å². The maximum Gasteiger partial charge on any atom is 0.346 e. The van der Waals surface area contributed by atoms with Gasteiger partial charge in [-0.15, -0.1) is 0 Å². The van der Waals surface area contributed by atoms with E-state index in [4.69, 9.17) is 0 Å². The fourth-order valence-electron chi connectivity index (χ4n) is 4.11. The highest BCUT2D eigenvalue weighted by Crippen LogP contribution is 2.59. The van der Waals surface area contributed by atoms with E-state index >= 15 is 0 Å². The van der Waals surface area contributed by atoms with Crippen LogP contribution in [-0.4, -0.2) is 23.9 Å². The number of hydrogen-bond acceptors (Lipinski definition) is 6. The first-order chi connectivity index (χ1) is 11.4. The first-order valence-corrected chi connectivity index (χ1v) is 7.71. The largest absolute Gasteiger partial charge is 0.393 e. The van der Waals surface area contributed by atoms with Gasteiger partial charge in [0.15, 0.2) is 0 Å². The molecule has 4 aliphatic rings.